The lowest BCUT2D eigenvalue weighted by molar-refractivity contribution is 0.101. The number of carbonyl (C=O) groups excluding carboxylic acids is 2. The van der Waals surface area contributed by atoms with Crippen molar-refractivity contribution in [2.24, 2.45) is 0 Å². The Morgan fingerprint density at radius 3 is 2.19 bits per heavy atom. The highest BCUT2D eigenvalue weighted by Gasteiger charge is 2.08. The molecular formula is C21H19N3O3. The Labute approximate surface area is 157 Å². The van der Waals surface area contributed by atoms with Gasteiger partial charge in [0.05, 0.1) is 7.11 Å². The van der Waals surface area contributed by atoms with Crippen LogP contribution in [0.25, 0.3) is 0 Å². The third-order valence-electron chi connectivity index (χ3n) is 3.93. The van der Waals surface area contributed by atoms with E-state index in [1.807, 2.05) is 24.3 Å². The molecule has 0 atom stereocenters. The molecular weight excluding hydrogens is 342 g/mol. The second-order valence-electron chi connectivity index (χ2n) is 5.87. The van der Waals surface area contributed by atoms with Gasteiger partial charge in [0.2, 0.25) is 0 Å². The number of ketones is 1. The predicted octanol–water partition coefficient (Wildman–Crippen LogP) is 4.29. The van der Waals surface area contributed by atoms with Crippen molar-refractivity contribution in [3.8, 4) is 5.75 Å². The number of amides is 1. The molecule has 0 spiro atoms. The van der Waals surface area contributed by atoms with Crippen LogP contribution in [0.5, 0.6) is 5.75 Å². The molecule has 0 unspecified atom stereocenters. The van der Waals surface area contributed by atoms with E-state index < -0.39 is 0 Å². The van der Waals surface area contributed by atoms with E-state index >= 15 is 0 Å². The highest BCUT2D eigenvalue weighted by Crippen LogP contribution is 2.19. The zero-order valence-corrected chi connectivity index (χ0v) is 15.0. The van der Waals surface area contributed by atoms with Gasteiger partial charge >= 0.3 is 0 Å². The van der Waals surface area contributed by atoms with Crippen LogP contribution >= 0.6 is 0 Å². The summed E-state index contributed by atoms with van der Waals surface area (Å²) < 4.78 is 5.13. The molecule has 6 heteroatoms. The second kappa shape index (κ2) is 8.14. The first kappa shape index (κ1) is 18.1. The second-order valence-corrected chi connectivity index (χ2v) is 5.87. The van der Waals surface area contributed by atoms with Gasteiger partial charge < -0.3 is 15.4 Å². The van der Waals surface area contributed by atoms with E-state index in [1.54, 1.807) is 49.7 Å². The maximum Gasteiger partial charge on any atom is 0.255 e. The van der Waals surface area contributed by atoms with E-state index in [2.05, 4.69) is 15.6 Å². The Morgan fingerprint density at radius 1 is 0.889 bits per heavy atom. The molecule has 0 fully saturated rings. The molecule has 0 radical (unpaired) electrons. The van der Waals surface area contributed by atoms with Gasteiger partial charge in [-0.25, -0.2) is 4.98 Å². The number of Topliss-reactive ketones (excluding diaryl/α,β-unsaturated/α-hetero) is 1. The number of anilines is 3. The Hall–Kier alpha value is -3.67. The quantitative estimate of drug-likeness (QED) is 0.640. The molecule has 27 heavy (non-hydrogen) atoms. The lowest BCUT2D eigenvalue weighted by Gasteiger charge is -2.09. The highest BCUT2D eigenvalue weighted by atomic mass is 16.5. The first-order valence-corrected chi connectivity index (χ1v) is 8.34. The number of carbonyl (C=O) groups is 2. The van der Waals surface area contributed by atoms with Crippen LogP contribution in [0.2, 0.25) is 0 Å². The van der Waals surface area contributed by atoms with Crippen LogP contribution in [0.4, 0.5) is 17.2 Å². The summed E-state index contributed by atoms with van der Waals surface area (Å²) in [6.45, 7) is 1.50. The van der Waals surface area contributed by atoms with E-state index in [0.717, 1.165) is 11.4 Å². The summed E-state index contributed by atoms with van der Waals surface area (Å²) in [7, 11) is 1.61. The Balaban J connectivity index is 1.70. The van der Waals surface area contributed by atoms with Crippen molar-refractivity contribution in [1.29, 1.82) is 0 Å². The fourth-order valence-corrected chi connectivity index (χ4v) is 2.45. The van der Waals surface area contributed by atoms with Crippen molar-refractivity contribution in [2.75, 3.05) is 17.7 Å². The average molecular weight is 361 g/mol. The van der Waals surface area contributed by atoms with Gasteiger partial charge in [-0.1, -0.05) is 0 Å². The first-order chi connectivity index (χ1) is 13.0. The van der Waals surface area contributed by atoms with Crippen LogP contribution < -0.4 is 15.4 Å². The number of rotatable bonds is 6. The molecule has 136 valence electrons. The van der Waals surface area contributed by atoms with Crippen LogP contribution in [0.15, 0.2) is 66.9 Å². The number of nitrogens with zero attached hydrogens (tertiary/aromatic N) is 1. The van der Waals surface area contributed by atoms with Crippen LogP contribution in [-0.2, 0) is 0 Å². The van der Waals surface area contributed by atoms with E-state index in [0.29, 0.717) is 22.6 Å². The third kappa shape index (κ3) is 4.70. The van der Waals surface area contributed by atoms with Gasteiger partial charge in [-0.15, -0.1) is 0 Å². The van der Waals surface area contributed by atoms with Crippen LogP contribution in [-0.4, -0.2) is 23.8 Å². The fourth-order valence-electron chi connectivity index (χ4n) is 2.45. The van der Waals surface area contributed by atoms with E-state index in [9.17, 15) is 9.59 Å². The summed E-state index contributed by atoms with van der Waals surface area (Å²) >= 11 is 0. The van der Waals surface area contributed by atoms with Crippen molar-refractivity contribution < 1.29 is 14.3 Å². The summed E-state index contributed by atoms with van der Waals surface area (Å²) in [6.07, 6.45) is 1.57. The number of hydrogen-bond donors (Lipinski definition) is 2. The monoisotopic (exact) mass is 361 g/mol. The summed E-state index contributed by atoms with van der Waals surface area (Å²) in [5, 5.41) is 5.96. The molecule has 1 heterocycles. The van der Waals surface area contributed by atoms with E-state index in [4.69, 9.17) is 4.74 Å². The number of methoxy groups -OCH3 is 1. The fraction of sp³-hybridized carbons (Fsp3) is 0.0952. The molecule has 3 rings (SSSR count). The maximum atomic E-state index is 12.5. The van der Waals surface area contributed by atoms with Gasteiger partial charge in [0.25, 0.3) is 5.91 Å². The Kier molecular flexibility index (Phi) is 5.47. The van der Waals surface area contributed by atoms with Crippen molar-refractivity contribution in [3.05, 3.63) is 78.0 Å². The van der Waals surface area contributed by atoms with Gasteiger partial charge in [0.15, 0.2) is 5.78 Å². The standard InChI is InChI=1S/C21H19N3O3/c1-14(25)15-3-5-18(6-4-15)24-21(26)16-11-12-22-20(13-16)23-17-7-9-19(27-2)10-8-17/h3-13H,1-2H3,(H,22,23)(H,24,26). The molecule has 6 nitrogen and oxygen atoms in total. The summed E-state index contributed by atoms with van der Waals surface area (Å²) in [5.41, 5.74) is 2.52. The minimum Gasteiger partial charge on any atom is -0.497 e. The smallest absolute Gasteiger partial charge is 0.255 e. The largest absolute Gasteiger partial charge is 0.497 e. The van der Waals surface area contributed by atoms with Gasteiger partial charge in [0.1, 0.15) is 11.6 Å². The van der Waals surface area contributed by atoms with E-state index in [-0.39, 0.29) is 11.7 Å². The highest BCUT2D eigenvalue weighted by molar-refractivity contribution is 6.05. The molecule has 3 aromatic rings. The Bertz CT molecular complexity index is 951. The molecule has 1 aromatic heterocycles. The molecule has 1 amide bonds. The van der Waals surface area contributed by atoms with Crippen molar-refractivity contribution in [2.45, 2.75) is 6.92 Å². The molecule has 0 aliphatic rings. The average Bonchev–Trinajstić information content (AvgIpc) is 2.69. The maximum absolute atomic E-state index is 12.5. The number of nitrogens with one attached hydrogen (secondary N) is 2. The number of benzene rings is 2. The lowest BCUT2D eigenvalue weighted by Crippen LogP contribution is -2.12. The van der Waals surface area contributed by atoms with Crippen LogP contribution in [0.3, 0.4) is 0 Å². The van der Waals surface area contributed by atoms with Crippen molar-refractivity contribution >= 4 is 28.9 Å². The molecule has 0 saturated heterocycles. The minimum atomic E-state index is -0.259. The summed E-state index contributed by atoms with van der Waals surface area (Å²) in [6, 6.07) is 17.5. The lowest BCUT2D eigenvalue weighted by atomic mass is 10.1. The van der Waals surface area contributed by atoms with E-state index in [1.165, 1.54) is 6.92 Å². The first-order valence-electron chi connectivity index (χ1n) is 8.34. The third-order valence-corrected chi connectivity index (χ3v) is 3.93. The zero-order chi connectivity index (χ0) is 19.2. The molecule has 0 aliphatic heterocycles. The zero-order valence-electron chi connectivity index (χ0n) is 15.0. The molecule has 0 bridgehead atoms. The SMILES string of the molecule is COc1ccc(Nc2cc(C(=O)Nc3ccc(C(C)=O)cc3)ccn2)cc1. The molecule has 0 saturated carbocycles. The molecule has 2 N–H and O–H groups in total. The van der Waals surface area contributed by atoms with Gasteiger partial charge in [-0.3, -0.25) is 9.59 Å². The van der Waals surface area contributed by atoms with Crippen molar-refractivity contribution in [1.82, 2.24) is 4.98 Å². The van der Waals surface area contributed by atoms with Crippen LogP contribution in [0.1, 0.15) is 27.6 Å². The number of ether oxygens (including phenoxy) is 1. The Morgan fingerprint density at radius 2 is 1.56 bits per heavy atom. The normalized spacial score (nSPS) is 10.1. The van der Waals surface area contributed by atoms with Gasteiger partial charge in [-0.05, 0) is 67.6 Å². The summed E-state index contributed by atoms with van der Waals surface area (Å²) in [4.78, 5) is 28.0. The molecule has 2 aromatic carbocycles. The number of aromatic nitrogens is 1. The number of pyridine rings is 1. The van der Waals surface area contributed by atoms with Gasteiger partial charge in [0, 0.05) is 28.7 Å². The van der Waals surface area contributed by atoms with Crippen molar-refractivity contribution in [3.63, 3.8) is 0 Å². The van der Waals surface area contributed by atoms with Crippen LogP contribution in [0, 0.1) is 0 Å². The number of hydrogen-bond acceptors (Lipinski definition) is 5. The minimum absolute atomic E-state index is 0.0174. The molecule has 0 aliphatic carbocycles. The van der Waals surface area contributed by atoms with Gasteiger partial charge in [-0.2, -0.15) is 0 Å². The topological polar surface area (TPSA) is 80.3 Å². The summed E-state index contributed by atoms with van der Waals surface area (Å²) in [5.74, 6) is 1.04. The predicted molar refractivity (Wildman–Crippen MR) is 105 cm³/mol.